The van der Waals surface area contributed by atoms with E-state index < -0.39 is 12.1 Å². The highest BCUT2D eigenvalue weighted by Gasteiger charge is 2.44. The van der Waals surface area contributed by atoms with Crippen molar-refractivity contribution >= 4 is 16.9 Å². The third-order valence-corrected chi connectivity index (χ3v) is 2.57. The predicted octanol–water partition coefficient (Wildman–Crippen LogP) is 3.08. The summed E-state index contributed by atoms with van der Waals surface area (Å²) in [5, 5.41) is 0.646. The molecule has 20 heavy (non-hydrogen) atoms. The van der Waals surface area contributed by atoms with E-state index in [4.69, 9.17) is 0 Å². The molecule has 0 saturated heterocycles. The van der Waals surface area contributed by atoms with Crippen molar-refractivity contribution < 1.29 is 23.0 Å². The van der Waals surface area contributed by atoms with Crippen LogP contribution in [0.3, 0.4) is 0 Å². The first-order valence-electron chi connectivity index (χ1n) is 6.04. The highest BCUT2D eigenvalue weighted by molar-refractivity contribution is 5.85. The zero-order chi connectivity index (χ0) is 14.8. The molecule has 4 nitrogen and oxygen atoms in total. The number of esters is 1. The molecule has 106 valence electrons. The maximum atomic E-state index is 13.6. The van der Waals surface area contributed by atoms with Gasteiger partial charge < -0.3 is 9.47 Å². The minimum absolute atomic E-state index is 0.148. The number of nitrogens with zero attached hydrogens (tertiary/aromatic N) is 1. The molecule has 0 fully saturated rings. The molecule has 0 spiro atoms. The Morgan fingerprint density at radius 3 is 2.75 bits per heavy atom. The maximum absolute atomic E-state index is 13.6. The Kier molecular flexibility index (Phi) is 3.83. The maximum Gasteiger partial charge on any atom is 0.502 e. The van der Waals surface area contributed by atoms with Crippen LogP contribution in [0.25, 0.3) is 10.9 Å². The molecule has 0 amide bonds. The van der Waals surface area contributed by atoms with Gasteiger partial charge in [-0.2, -0.15) is 8.78 Å². The summed E-state index contributed by atoms with van der Waals surface area (Å²) in [7, 11) is 0. The molecule has 2 aromatic rings. The van der Waals surface area contributed by atoms with Crippen LogP contribution in [0.4, 0.5) is 8.78 Å². The van der Waals surface area contributed by atoms with Gasteiger partial charge in [-0.25, -0.2) is 9.78 Å². The fourth-order valence-electron chi connectivity index (χ4n) is 1.69. The van der Waals surface area contributed by atoms with Gasteiger partial charge in [-0.05, 0) is 26.0 Å². The third-order valence-electron chi connectivity index (χ3n) is 2.57. The zero-order valence-electron chi connectivity index (χ0n) is 11.0. The monoisotopic (exact) mass is 281 g/mol. The van der Waals surface area contributed by atoms with E-state index in [1.165, 1.54) is 13.0 Å². The first-order valence-corrected chi connectivity index (χ1v) is 6.04. The van der Waals surface area contributed by atoms with Gasteiger partial charge >= 0.3 is 12.1 Å². The standard InChI is InChI=1S/C14H13F2NO3/c1-3-19-13(18)14(15,16)20-11-6-4-5-10-8-7-9(2)17-12(10)11/h4-8H,3H2,1-2H3. The van der Waals surface area contributed by atoms with Gasteiger partial charge in [0.2, 0.25) is 0 Å². The number of halogens is 2. The summed E-state index contributed by atoms with van der Waals surface area (Å²) in [6.07, 6.45) is -4.05. The van der Waals surface area contributed by atoms with Crippen LogP contribution in [0.1, 0.15) is 12.6 Å². The number of rotatable bonds is 4. The van der Waals surface area contributed by atoms with Gasteiger partial charge in [0.1, 0.15) is 5.52 Å². The average molecular weight is 281 g/mol. The fourth-order valence-corrected chi connectivity index (χ4v) is 1.69. The SMILES string of the molecule is CCOC(=O)C(F)(F)Oc1cccc2ccc(C)nc12. The number of hydrogen-bond donors (Lipinski definition) is 0. The number of para-hydroxylation sites is 1. The topological polar surface area (TPSA) is 48.4 Å². The van der Waals surface area contributed by atoms with Crippen LogP contribution in [0.15, 0.2) is 30.3 Å². The van der Waals surface area contributed by atoms with Gasteiger partial charge in [0.25, 0.3) is 0 Å². The van der Waals surface area contributed by atoms with Gasteiger partial charge in [0, 0.05) is 11.1 Å². The molecule has 2 rings (SSSR count). The molecular formula is C14H13F2NO3. The van der Waals surface area contributed by atoms with Crippen LogP contribution in [0.2, 0.25) is 0 Å². The largest absolute Gasteiger partial charge is 0.502 e. The second kappa shape index (κ2) is 5.40. The summed E-state index contributed by atoms with van der Waals surface area (Å²) in [4.78, 5) is 15.3. The number of ether oxygens (including phenoxy) is 2. The van der Waals surface area contributed by atoms with E-state index in [0.29, 0.717) is 11.1 Å². The first kappa shape index (κ1) is 14.2. The summed E-state index contributed by atoms with van der Waals surface area (Å²) in [5.41, 5.74) is 0.935. The molecule has 0 unspecified atom stereocenters. The summed E-state index contributed by atoms with van der Waals surface area (Å²) in [5.74, 6) is -1.88. The number of carbonyl (C=O) groups excluding carboxylic acids is 1. The Bertz CT molecular complexity index is 643. The van der Waals surface area contributed by atoms with Gasteiger partial charge in [0.15, 0.2) is 5.75 Å². The number of aromatic nitrogens is 1. The molecule has 0 saturated carbocycles. The lowest BCUT2D eigenvalue weighted by Crippen LogP contribution is -2.37. The lowest BCUT2D eigenvalue weighted by molar-refractivity contribution is -0.216. The lowest BCUT2D eigenvalue weighted by atomic mass is 10.2. The molecule has 1 aromatic carbocycles. The molecule has 0 N–H and O–H groups in total. The van der Waals surface area contributed by atoms with Crippen molar-refractivity contribution in [2.24, 2.45) is 0 Å². The van der Waals surface area contributed by atoms with E-state index in [0.717, 1.165) is 0 Å². The Hall–Kier alpha value is -2.24. The van der Waals surface area contributed by atoms with E-state index in [1.54, 1.807) is 31.2 Å². The number of fused-ring (bicyclic) bond motifs is 1. The summed E-state index contributed by atoms with van der Waals surface area (Å²) >= 11 is 0. The number of benzene rings is 1. The molecule has 0 atom stereocenters. The van der Waals surface area contributed by atoms with Crippen LogP contribution in [0.5, 0.6) is 5.75 Å². The minimum atomic E-state index is -4.05. The molecule has 1 heterocycles. The number of aryl methyl sites for hydroxylation is 1. The molecule has 0 aliphatic heterocycles. The van der Waals surface area contributed by atoms with Crippen LogP contribution in [0, 0.1) is 6.92 Å². The number of alkyl halides is 2. The Morgan fingerprint density at radius 2 is 2.05 bits per heavy atom. The highest BCUT2D eigenvalue weighted by atomic mass is 19.3. The molecule has 0 bridgehead atoms. The van der Waals surface area contributed by atoms with Crippen LogP contribution < -0.4 is 4.74 Å². The Morgan fingerprint density at radius 1 is 1.30 bits per heavy atom. The summed E-state index contributed by atoms with van der Waals surface area (Å²) in [6, 6.07) is 8.11. The average Bonchev–Trinajstić information content (AvgIpc) is 2.39. The Labute approximate surface area is 114 Å². The molecule has 1 aromatic heterocycles. The van der Waals surface area contributed by atoms with Crippen molar-refractivity contribution in [1.29, 1.82) is 0 Å². The van der Waals surface area contributed by atoms with Crippen LogP contribution in [-0.4, -0.2) is 23.7 Å². The lowest BCUT2D eigenvalue weighted by Gasteiger charge is -2.16. The van der Waals surface area contributed by atoms with Crippen molar-refractivity contribution in [3.8, 4) is 5.75 Å². The first-order chi connectivity index (χ1) is 9.44. The van der Waals surface area contributed by atoms with Gasteiger partial charge in [-0.3, -0.25) is 0 Å². The minimum Gasteiger partial charge on any atom is -0.459 e. The van der Waals surface area contributed by atoms with Gasteiger partial charge in [0.05, 0.1) is 6.61 Å². The number of hydrogen-bond acceptors (Lipinski definition) is 4. The normalized spacial score (nSPS) is 11.4. The van der Waals surface area contributed by atoms with Crippen molar-refractivity contribution in [2.45, 2.75) is 20.0 Å². The predicted molar refractivity (Wildman–Crippen MR) is 68.7 cm³/mol. The van der Waals surface area contributed by atoms with Crippen molar-refractivity contribution in [1.82, 2.24) is 4.98 Å². The molecule has 0 radical (unpaired) electrons. The fraction of sp³-hybridized carbons (Fsp3) is 0.286. The van der Waals surface area contributed by atoms with E-state index in [1.807, 2.05) is 0 Å². The second-order valence-corrected chi connectivity index (χ2v) is 4.12. The van der Waals surface area contributed by atoms with Gasteiger partial charge in [-0.1, -0.05) is 18.2 Å². The van der Waals surface area contributed by atoms with Crippen molar-refractivity contribution in [3.63, 3.8) is 0 Å². The third kappa shape index (κ3) is 2.84. The Balaban J connectivity index is 2.38. The molecule has 6 heteroatoms. The summed E-state index contributed by atoms with van der Waals surface area (Å²) in [6.45, 7) is 3.03. The number of pyridine rings is 1. The number of carbonyl (C=O) groups is 1. The van der Waals surface area contributed by atoms with E-state index in [2.05, 4.69) is 14.5 Å². The van der Waals surface area contributed by atoms with E-state index >= 15 is 0 Å². The zero-order valence-corrected chi connectivity index (χ0v) is 11.0. The summed E-state index contributed by atoms with van der Waals surface area (Å²) < 4.78 is 36.0. The van der Waals surface area contributed by atoms with Crippen LogP contribution in [-0.2, 0) is 9.53 Å². The smallest absolute Gasteiger partial charge is 0.459 e. The van der Waals surface area contributed by atoms with E-state index in [-0.39, 0.29) is 17.9 Å². The molecule has 0 aliphatic rings. The van der Waals surface area contributed by atoms with Crippen LogP contribution >= 0.6 is 0 Å². The molecule has 0 aliphatic carbocycles. The second-order valence-electron chi connectivity index (χ2n) is 4.12. The van der Waals surface area contributed by atoms with Gasteiger partial charge in [-0.15, -0.1) is 0 Å². The van der Waals surface area contributed by atoms with Crippen molar-refractivity contribution in [2.75, 3.05) is 6.61 Å². The quantitative estimate of drug-likeness (QED) is 0.808. The van der Waals surface area contributed by atoms with Crippen molar-refractivity contribution in [3.05, 3.63) is 36.0 Å². The molecular weight excluding hydrogens is 268 g/mol. The van der Waals surface area contributed by atoms with E-state index in [9.17, 15) is 13.6 Å². The highest BCUT2D eigenvalue weighted by Crippen LogP contribution is 2.29.